The third-order valence-corrected chi connectivity index (χ3v) is 8.02. The van der Waals surface area contributed by atoms with Gasteiger partial charge < -0.3 is 14.9 Å². The molecule has 36 heavy (non-hydrogen) atoms. The molecule has 0 bridgehead atoms. The van der Waals surface area contributed by atoms with E-state index in [0.717, 1.165) is 11.3 Å². The van der Waals surface area contributed by atoms with Crippen LogP contribution in [0.2, 0.25) is 5.02 Å². The van der Waals surface area contributed by atoms with Crippen LogP contribution >= 0.6 is 11.6 Å². The highest BCUT2D eigenvalue weighted by Crippen LogP contribution is 2.43. The number of carbonyl (C=O) groups is 1. The molecule has 2 N–H and O–H groups in total. The number of nitrogens with zero attached hydrogens (tertiary/aromatic N) is 4. The highest BCUT2D eigenvalue weighted by atomic mass is 35.5. The smallest absolute Gasteiger partial charge is 0.264 e. The van der Waals surface area contributed by atoms with Crippen LogP contribution in [0, 0.1) is 17.8 Å². The van der Waals surface area contributed by atoms with Gasteiger partial charge in [-0.05, 0) is 23.8 Å². The third-order valence-electron chi connectivity index (χ3n) is 7.79. The van der Waals surface area contributed by atoms with Crippen molar-refractivity contribution in [3.8, 4) is 0 Å². The Hall–Kier alpha value is -3.23. The quantitative estimate of drug-likeness (QED) is 0.562. The zero-order valence-electron chi connectivity index (χ0n) is 20.3. The number of anilines is 1. The molecule has 8 nitrogen and oxygen atoms in total. The molecule has 1 aromatic carbocycles. The fraction of sp³-hybridized carbons (Fsp3) is 0.407. The summed E-state index contributed by atoms with van der Waals surface area (Å²) < 4.78 is 0. The average Bonchev–Trinajstić information content (AvgIpc) is 3.33. The molecule has 2 aliphatic rings. The van der Waals surface area contributed by atoms with Crippen LogP contribution in [0.25, 0.3) is 0 Å². The molecule has 0 spiro atoms. The highest BCUT2D eigenvalue weighted by molar-refractivity contribution is 6.30. The van der Waals surface area contributed by atoms with Crippen LogP contribution in [0.4, 0.5) is 5.82 Å². The fourth-order valence-electron chi connectivity index (χ4n) is 5.85. The number of amides is 1. The summed E-state index contributed by atoms with van der Waals surface area (Å²) in [6, 6.07) is 16.5. The maximum Gasteiger partial charge on any atom is 0.264 e. The van der Waals surface area contributed by atoms with Crippen LogP contribution < -0.4 is 10.5 Å². The summed E-state index contributed by atoms with van der Waals surface area (Å²) in [5.41, 5.74) is 0.403. The number of halogens is 1. The summed E-state index contributed by atoms with van der Waals surface area (Å²) in [6.07, 6.45) is 1.60. The Morgan fingerprint density at radius 1 is 1.03 bits per heavy atom. The second-order valence-electron chi connectivity index (χ2n) is 10.0. The topological polar surface area (TPSA) is 102 Å². The van der Waals surface area contributed by atoms with Crippen molar-refractivity contribution in [3.63, 3.8) is 0 Å². The van der Waals surface area contributed by atoms with Crippen LogP contribution in [0.5, 0.6) is 0 Å². The van der Waals surface area contributed by atoms with Crippen molar-refractivity contribution >= 4 is 23.3 Å². The largest absolute Gasteiger partial charge is 0.384 e. The molecule has 5 rings (SSSR count). The van der Waals surface area contributed by atoms with Crippen molar-refractivity contribution in [1.29, 1.82) is 0 Å². The van der Waals surface area contributed by atoms with Gasteiger partial charge in [-0.15, -0.1) is 0 Å². The number of pyridine rings is 1. The predicted molar refractivity (Wildman–Crippen MR) is 138 cm³/mol. The van der Waals surface area contributed by atoms with Crippen molar-refractivity contribution < 1.29 is 9.90 Å². The number of hydrogen-bond donors (Lipinski definition) is 2. The number of H-pyrrole nitrogens is 1. The van der Waals surface area contributed by atoms with Crippen LogP contribution in [-0.2, 0) is 10.4 Å². The summed E-state index contributed by atoms with van der Waals surface area (Å²) in [5.74, 6) is -0.143. The molecule has 4 heterocycles. The molecule has 0 saturated carbocycles. The van der Waals surface area contributed by atoms with E-state index in [4.69, 9.17) is 11.6 Å². The first-order valence-electron chi connectivity index (χ1n) is 12.3. The Labute approximate surface area is 214 Å². The first-order chi connectivity index (χ1) is 17.3. The Bertz CT molecular complexity index is 1250. The van der Waals surface area contributed by atoms with Gasteiger partial charge in [0.05, 0.1) is 16.5 Å². The van der Waals surface area contributed by atoms with E-state index in [9.17, 15) is 14.7 Å². The van der Waals surface area contributed by atoms with Gasteiger partial charge in [0.15, 0.2) is 0 Å². The monoisotopic (exact) mass is 507 g/mol. The molecule has 0 aliphatic carbocycles. The number of hydrogen-bond acceptors (Lipinski definition) is 6. The summed E-state index contributed by atoms with van der Waals surface area (Å²) in [5, 5.41) is 18.9. The number of carbonyl (C=O) groups excluding carboxylic acids is 1. The maximum absolute atomic E-state index is 14.0. The standard InChI is InChI=1S/C27H30ClN5O3/c1-17-13-33(14-18(2)27(17,36)19-6-4-3-5-7-19)26(35)22-16-32(24-10-11-25(34)31-30-24)15-21(22)23-9-8-20(28)12-29-23/h3-12,17-18,21-22,36H,13-16H2,1-2H3,(H,31,34)/t17-,18+,21-,22+,27?/m1/s1. The van der Waals surface area contributed by atoms with Gasteiger partial charge in [0.1, 0.15) is 5.82 Å². The van der Waals surface area contributed by atoms with Gasteiger partial charge in [-0.2, -0.15) is 5.10 Å². The van der Waals surface area contributed by atoms with Crippen molar-refractivity contribution in [2.75, 3.05) is 31.1 Å². The summed E-state index contributed by atoms with van der Waals surface area (Å²) >= 11 is 6.07. The van der Waals surface area contributed by atoms with Crippen molar-refractivity contribution in [1.82, 2.24) is 20.1 Å². The molecule has 2 saturated heterocycles. The van der Waals surface area contributed by atoms with Gasteiger partial charge in [0, 0.05) is 61.9 Å². The van der Waals surface area contributed by atoms with Crippen molar-refractivity contribution in [3.05, 3.63) is 87.4 Å². The van der Waals surface area contributed by atoms with Gasteiger partial charge in [-0.1, -0.05) is 55.8 Å². The van der Waals surface area contributed by atoms with Crippen LogP contribution in [0.15, 0.2) is 65.6 Å². The number of benzene rings is 1. The number of aromatic nitrogens is 3. The lowest BCUT2D eigenvalue weighted by molar-refractivity contribution is -0.152. The van der Waals surface area contributed by atoms with Crippen LogP contribution in [-0.4, -0.2) is 57.3 Å². The van der Waals surface area contributed by atoms with E-state index < -0.39 is 5.60 Å². The summed E-state index contributed by atoms with van der Waals surface area (Å²) in [6.45, 7) is 5.93. The molecular weight excluding hydrogens is 478 g/mol. The normalized spacial score (nSPS) is 28.3. The number of nitrogens with one attached hydrogen (secondary N) is 1. The van der Waals surface area contributed by atoms with E-state index in [1.165, 1.54) is 6.07 Å². The summed E-state index contributed by atoms with van der Waals surface area (Å²) in [4.78, 5) is 33.9. The molecule has 1 amide bonds. The van der Waals surface area contributed by atoms with E-state index >= 15 is 0 Å². The average molecular weight is 508 g/mol. The molecule has 5 atom stereocenters. The van der Waals surface area contributed by atoms with Crippen molar-refractivity contribution in [2.24, 2.45) is 17.8 Å². The SMILES string of the molecule is C[C@@H]1CN(C(=O)[C@H]2CN(c3ccc(=O)[nH]n3)C[C@H]2c2ccc(Cl)cn2)C[C@H](C)C1(O)c1ccccc1. The first kappa shape index (κ1) is 24.5. The minimum Gasteiger partial charge on any atom is -0.384 e. The van der Waals surface area contributed by atoms with Crippen LogP contribution in [0.1, 0.15) is 31.0 Å². The van der Waals surface area contributed by atoms with E-state index in [-0.39, 0.29) is 35.1 Å². The maximum atomic E-state index is 14.0. The molecular formula is C27H30ClN5O3. The summed E-state index contributed by atoms with van der Waals surface area (Å²) in [7, 11) is 0. The molecule has 0 radical (unpaired) electrons. The van der Waals surface area contributed by atoms with Gasteiger partial charge in [-0.25, -0.2) is 5.10 Å². The van der Waals surface area contributed by atoms with Gasteiger partial charge in [-0.3, -0.25) is 14.6 Å². The second kappa shape index (κ2) is 9.67. The van der Waals surface area contributed by atoms with Gasteiger partial charge in [0.25, 0.3) is 5.56 Å². The van der Waals surface area contributed by atoms with E-state index in [2.05, 4.69) is 15.2 Å². The van der Waals surface area contributed by atoms with Gasteiger partial charge in [0.2, 0.25) is 5.91 Å². The molecule has 9 heteroatoms. The Morgan fingerprint density at radius 3 is 2.36 bits per heavy atom. The number of aliphatic hydroxyl groups is 1. The molecule has 2 aliphatic heterocycles. The lowest BCUT2D eigenvalue weighted by atomic mass is 9.70. The molecule has 2 aromatic heterocycles. The fourth-order valence-corrected chi connectivity index (χ4v) is 5.96. The minimum absolute atomic E-state index is 0.0393. The zero-order valence-corrected chi connectivity index (χ0v) is 21.1. The van der Waals surface area contributed by atoms with Gasteiger partial charge >= 0.3 is 0 Å². The molecule has 188 valence electrons. The van der Waals surface area contributed by atoms with E-state index in [1.807, 2.05) is 60.0 Å². The predicted octanol–water partition coefficient (Wildman–Crippen LogP) is 3.04. The molecule has 2 fully saturated rings. The molecule has 3 aromatic rings. The number of likely N-dealkylation sites (tertiary alicyclic amines) is 1. The molecule has 1 unspecified atom stereocenters. The highest BCUT2D eigenvalue weighted by Gasteiger charge is 2.49. The number of piperidine rings is 1. The first-order valence-corrected chi connectivity index (χ1v) is 12.6. The lowest BCUT2D eigenvalue weighted by Crippen LogP contribution is -2.57. The van der Waals surface area contributed by atoms with Crippen molar-refractivity contribution in [2.45, 2.75) is 25.4 Å². The van der Waals surface area contributed by atoms with E-state index in [1.54, 1.807) is 18.3 Å². The minimum atomic E-state index is -1.00. The lowest BCUT2D eigenvalue weighted by Gasteiger charge is -2.48. The van der Waals surface area contributed by atoms with E-state index in [0.29, 0.717) is 37.0 Å². The zero-order chi connectivity index (χ0) is 25.4. The number of aromatic amines is 1. The third kappa shape index (κ3) is 4.40. The Kier molecular flexibility index (Phi) is 6.57. The number of rotatable bonds is 4. The Balaban J connectivity index is 1.41. The second-order valence-corrected chi connectivity index (χ2v) is 10.5. The Morgan fingerprint density at radius 2 is 1.75 bits per heavy atom. The van der Waals surface area contributed by atoms with Crippen LogP contribution in [0.3, 0.4) is 0 Å².